The van der Waals surface area contributed by atoms with Crippen LogP contribution in [0, 0.1) is 5.92 Å². The van der Waals surface area contributed by atoms with Crippen molar-refractivity contribution >= 4 is 10.9 Å². The lowest BCUT2D eigenvalue weighted by Crippen LogP contribution is -2.48. The number of ether oxygens (including phenoxy) is 1. The molecule has 0 spiro atoms. The van der Waals surface area contributed by atoms with E-state index in [4.69, 9.17) is 4.74 Å². The summed E-state index contributed by atoms with van der Waals surface area (Å²) in [5.74, 6) is 0.615. The smallest absolute Gasteiger partial charge is 0.0682 e. The summed E-state index contributed by atoms with van der Waals surface area (Å²) in [5, 5.41) is 5.87. The molecule has 3 fully saturated rings. The van der Waals surface area contributed by atoms with Crippen molar-refractivity contribution < 1.29 is 4.74 Å². The van der Waals surface area contributed by atoms with E-state index in [1.165, 1.54) is 68.8 Å². The topological polar surface area (TPSA) is 30.3 Å². The van der Waals surface area contributed by atoms with Crippen LogP contribution in [0.2, 0.25) is 0 Å². The number of aromatic nitrogens is 2. The second-order valence-electron chi connectivity index (χ2n) is 9.21. The van der Waals surface area contributed by atoms with E-state index in [1.807, 2.05) is 6.20 Å². The van der Waals surface area contributed by atoms with Gasteiger partial charge < -0.3 is 4.74 Å². The molecule has 4 atom stereocenters. The Kier molecular flexibility index (Phi) is 4.95. The Morgan fingerprint density at radius 3 is 2.52 bits per heavy atom. The number of hydrogen-bond donors (Lipinski definition) is 0. The number of fused-ring (bicyclic) bond motifs is 3. The summed E-state index contributed by atoms with van der Waals surface area (Å²) in [7, 11) is 0. The number of benzene rings is 1. The van der Waals surface area contributed by atoms with Gasteiger partial charge in [-0.3, -0.25) is 9.58 Å². The zero-order valence-electron chi connectivity index (χ0n) is 16.6. The van der Waals surface area contributed by atoms with Crippen molar-refractivity contribution in [1.29, 1.82) is 0 Å². The predicted molar refractivity (Wildman–Crippen MR) is 109 cm³/mol. The van der Waals surface area contributed by atoms with Crippen molar-refractivity contribution in [3.8, 4) is 0 Å². The Hall–Kier alpha value is -1.39. The first-order valence-corrected chi connectivity index (χ1v) is 11.1. The summed E-state index contributed by atoms with van der Waals surface area (Å²) >= 11 is 0. The van der Waals surface area contributed by atoms with Gasteiger partial charge in [0.2, 0.25) is 0 Å². The van der Waals surface area contributed by atoms with E-state index >= 15 is 0 Å². The van der Waals surface area contributed by atoms with Crippen LogP contribution in [-0.2, 0) is 11.3 Å². The van der Waals surface area contributed by atoms with Crippen LogP contribution in [0.15, 0.2) is 30.5 Å². The van der Waals surface area contributed by atoms with Crippen LogP contribution in [0.1, 0.15) is 58.3 Å². The lowest BCUT2D eigenvalue weighted by Gasteiger charge is -2.40. The van der Waals surface area contributed by atoms with E-state index in [1.54, 1.807) is 0 Å². The Labute approximate surface area is 162 Å². The Bertz CT molecular complexity index is 752. The van der Waals surface area contributed by atoms with E-state index in [0.29, 0.717) is 18.1 Å². The van der Waals surface area contributed by atoms with E-state index in [0.717, 1.165) is 18.6 Å². The minimum Gasteiger partial charge on any atom is -0.375 e. The summed E-state index contributed by atoms with van der Waals surface area (Å²) in [6.07, 6.45) is 13.7. The summed E-state index contributed by atoms with van der Waals surface area (Å²) in [6, 6.07) is 10.0. The first kappa shape index (κ1) is 17.7. The minimum atomic E-state index is 0.521. The SMILES string of the molecule is CC(CN1[C@@H]2CC[C@H]1CC(OC1CCCC1)C2)Cn1ncc2ccccc21. The van der Waals surface area contributed by atoms with Gasteiger partial charge in [-0.05, 0) is 50.5 Å². The van der Waals surface area contributed by atoms with Gasteiger partial charge in [-0.2, -0.15) is 5.10 Å². The molecule has 3 aliphatic rings. The highest BCUT2D eigenvalue weighted by molar-refractivity contribution is 5.78. The molecule has 27 heavy (non-hydrogen) atoms. The van der Waals surface area contributed by atoms with Gasteiger partial charge in [0.15, 0.2) is 0 Å². The molecule has 4 nitrogen and oxygen atoms in total. The molecule has 2 aliphatic heterocycles. The number of para-hydroxylation sites is 1. The molecule has 1 aromatic carbocycles. The van der Waals surface area contributed by atoms with Crippen LogP contribution >= 0.6 is 0 Å². The number of piperidine rings is 1. The maximum atomic E-state index is 6.48. The highest BCUT2D eigenvalue weighted by Crippen LogP contribution is 2.39. The molecule has 1 aliphatic carbocycles. The lowest BCUT2D eigenvalue weighted by atomic mass is 9.97. The standard InChI is InChI=1S/C23H33N3O/c1-17(16-26-23-9-5-2-6-18(23)14-24-26)15-25-19-10-11-20(25)13-22(12-19)27-21-7-3-4-8-21/h2,5-6,9,14,17,19-22H,3-4,7-8,10-13,15-16H2,1H3/t17?,19-,20+,22?. The second kappa shape index (κ2) is 7.56. The zero-order valence-corrected chi connectivity index (χ0v) is 16.6. The highest BCUT2D eigenvalue weighted by atomic mass is 16.5. The predicted octanol–water partition coefficient (Wildman–Crippen LogP) is 4.63. The van der Waals surface area contributed by atoms with Crippen molar-refractivity contribution in [3.05, 3.63) is 30.5 Å². The molecule has 1 aromatic heterocycles. The molecule has 4 heteroatoms. The van der Waals surface area contributed by atoms with Crippen molar-refractivity contribution in [2.24, 2.45) is 5.92 Å². The van der Waals surface area contributed by atoms with E-state index < -0.39 is 0 Å². The quantitative estimate of drug-likeness (QED) is 0.746. The largest absolute Gasteiger partial charge is 0.375 e. The van der Waals surface area contributed by atoms with Gasteiger partial charge >= 0.3 is 0 Å². The minimum absolute atomic E-state index is 0.521. The van der Waals surface area contributed by atoms with Gasteiger partial charge in [0, 0.05) is 30.6 Å². The third-order valence-corrected chi connectivity index (χ3v) is 7.09. The van der Waals surface area contributed by atoms with Crippen molar-refractivity contribution in [3.63, 3.8) is 0 Å². The molecular weight excluding hydrogens is 334 g/mol. The van der Waals surface area contributed by atoms with Gasteiger partial charge in [-0.25, -0.2) is 0 Å². The molecule has 2 saturated heterocycles. The molecule has 2 unspecified atom stereocenters. The molecule has 0 N–H and O–H groups in total. The molecule has 0 radical (unpaired) electrons. The first-order chi connectivity index (χ1) is 13.3. The van der Waals surface area contributed by atoms with Gasteiger partial charge in [-0.1, -0.05) is 38.0 Å². The van der Waals surface area contributed by atoms with Crippen LogP contribution in [0.5, 0.6) is 0 Å². The van der Waals surface area contributed by atoms with Crippen LogP contribution in [0.4, 0.5) is 0 Å². The van der Waals surface area contributed by atoms with E-state index in [-0.39, 0.29) is 0 Å². The van der Waals surface area contributed by atoms with Gasteiger partial charge in [0.25, 0.3) is 0 Å². The fourth-order valence-corrected chi connectivity index (χ4v) is 5.81. The molecular formula is C23H33N3O. The fourth-order valence-electron chi connectivity index (χ4n) is 5.81. The third-order valence-electron chi connectivity index (χ3n) is 7.09. The van der Waals surface area contributed by atoms with E-state index in [2.05, 4.69) is 45.9 Å². The number of hydrogen-bond acceptors (Lipinski definition) is 3. The normalized spacial score (nSPS) is 30.3. The van der Waals surface area contributed by atoms with Crippen LogP contribution < -0.4 is 0 Å². The first-order valence-electron chi connectivity index (χ1n) is 11.1. The second-order valence-corrected chi connectivity index (χ2v) is 9.21. The van der Waals surface area contributed by atoms with E-state index in [9.17, 15) is 0 Å². The Morgan fingerprint density at radius 2 is 1.74 bits per heavy atom. The average molecular weight is 368 g/mol. The highest BCUT2D eigenvalue weighted by Gasteiger charge is 2.42. The molecule has 5 rings (SSSR count). The lowest BCUT2D eigenvalue weighted by molar-refractivity contribution is -0.0603. The van der Waals surface area contributed by atoms with Gasteiger partial charge in [0.05, 0.1) is 23.9 Å². The van der Waals surface area contributed by atoms with Crippen molar-refractivity contribution in [2.75, 3.05) is 6.54 Å². The summed E-state index contributed by atoms with van der Waals surface area (Å²) in [6.45, 7) is 4.59. The van der Waals surface area contributed by atoms with Crippen LogP contribution in [-0.4, -0.2) is 45.5 Å². The molecule has 3 heterocycles. The maximum absolute atomic E-state index is 6.48. The van der Waals surface area contributed by atoms with Crippen molar-refractivity contribution in [1.82, 2.24) is 14.7 Å². The molecule has 0 amide bonds. The average Bonchev–Trinajstić information content (AvgIpc) is 3.36. The summed E-state index contributed by atoms with van der Waals surface area (Å²) in [5.41, 5.74) is 1.26. The Balaban J connectivity index is 1.19. The molecule has 2 aromatic rings. The molecule has 1 saturated carbocycles. The Morgan fingerprint density at radius 1 is 1.00 bits per heavy atom. The van der Waals surface area contributed by atoms with Crippen LogP contribution in [0.25, 0.3) is 10.9 Å². The maximum Gasteiger partial charge on any atom is 0.0682 e. The zero-order chi connectivity index (χ0) is 18.2. The summed E-state index contributed by atoms with van der Waals surface area (Å²) in [4.78, 5) is 2.81. The fraction of sp³-hybridized carbons (Fsp3) is 0.696. The third kappa shape index (κ3) is 3.66. The molecule has 146 valence electrons. The number of nitrogens with zero attached hydrogens (tertiary/aromatic N) is 3. The summed E-state index contributed by atoms with van der Waals surface area (Å²) < 4.78 is 8.67. The monoisotopic (exact) mass is 367 g/mol. The van der Waals surface area contributed by atoms with Crippen molar-refractivity contribution in [2.45, 2.75) is 89.1 Å². The van der Waals surface area contributed by atoms with Crippen LogP contribution in [0.3, 0.4) is 0 Å². The van der Waals surface area contributed by atoms with Gasteiger partial charge in [0.1, 0.15) is 0 Å². The molecule has 2 bridgehead atoms. The van der Waals surface area contributed by atoms with Gasteiger partial charge in [-0.15, -0.1) is 0 Å². The number of rotatable bonds is 6.